The third-order valence-electron chi connectivity index (χ3n) is 5.20. The van der Waals surface area contributed by atoms with Crippen LogP contribution in [0.5, 0.6) is 0 Å². The monoisotopic (exact) mass is 280 g/mol. The molecule has 20 heavy (non-hydrogen) atoms. The van der Waals surface area contributed by atoms with E-state index in [1.165, 1.54) is 51.4 Å². The van der Waals surface area contributed by atoms with Gasteiger partial charge >= 0.3 is 0 Å². The number of nitrogens with one attached hydrogen (secondary N) is 1. The fourth-order valence-electron chi connectivity index (χ4n) is 4.01. The molecule has 1 spiro atoms. The summed E-state index contributed by atoms with van der Waals surface area (Å²) in [6.45, 7) is 3.64. The fraction of sp³-hybridized carbons (Fsp3) is 0.938. The standard InChI is InChI=1S/C16H28N2O2/c19-15(18-11-3-4-12-18)6-10-17-13-14-5-9-16(20-14)7-1-2-8-16/h14,17H,1-13H2. The fourth-order valence-corrected chi connectivity index (χ4v) is 4.01. The summed E-state index contributed by atoms with van der Waals surface area (Å²) in [6, 6.07) is 0. The Morgan fingerprint density at radius 2 is 1.90 bits per heavy atom. The van der Waals surface area contributed by atoms with E-state index in [4.69, 9.17) is 4.74 Å². The molecule has 2 aliphatic heterocycles. The van der Waals surface area contributed by atoms with E-state index in [0.717, 1.165) is 26.2 Å². The van der Waals surface area contributed by atoms with Crippen molar-refractivity contribution in [2.45, 2.75) is 69.5 Å². The minimum absolute atomic E-state index is 0.234. The second-order valence-electron chi connectivity index (χ2n) is 6.71. The second kappa shape index (κ2) is 6.44. The van der Waals surface area contributed by atoms with Crippen LogP contribution in [0.2, 0.25) is 0 Å². The zero-order valence-corrected chi connectivity index (χ0v) is 12.5. The second-order valence-corrected chi connectivity index (χ2v) is 6.71. The third kappa shape index (κ3) is 3.34. The highest BCUT2D eigenvalue weighted by molar-refractivity contribution is 5.76. The average molecular weight is 280 g/mol. The van der Waals surface area contributed by atoms with Crippen molar-refractivity contribution < 1.29 is 9.53 Å². The largest absolute Gasteiger partial charge is 0.370 e. The van der Waals surface area contributed by atoms with Crippen LogP contribution in [0.15, 0.2) is 0 Å². The van der Waals surface area contributed by atoms with Crippen LogP contribution in [0.3, 0.4) is 0 Å². The van der Waals surface area contributed by atoms with Gasteiger partial charge in [-0.25, -0.2) is 0 Å². The first-order chi connectivity index (χ1) is 9.77. The molecule has 1 atom stereocenters. The average Bonchev–Trinajstić information content (AvgIpc) is 3.18. The highest BCUT2D eigenvalue weighted by atomic mass is 16.5. The minimum Gasteiger partial charge on any atom is -0.370 e. The van der Waals surface area contributed by atoms with Gasteiger partial charge in [-0.1, -0.05) is 12.8 Å². The van der Waals surface area contributed by atoms with Crippen LogP contribution in [0.1, 0.15) is 57.8 Å². The molecule has 2 heterocycles. The van der Waals surface area contributed by atoms with E-state index in [1.54, 1.807) is 0 Å². The SMILES string of the molecule is O=C(CCNCC1CCC2(CCCC2)O1)N1CCCC1. The van der Waals surface area contributed by atoms with Crippen molar-refractivity contribution in [1.29, 1.82) is 0 Å². The van der Waals surface area contributed by atoms with Gasteiger partial charge in [0, 0.05) is 32.6 Å². The summed E-state index contributed by atoms with van der Waals surface area (Å²) in [6.07, 6.45) is 11.0. The molecule has 1 aliphatic carbocycles. The van der Waals surface area contributed by atoms with E-state index in [2.05, 4.69) is 5.32 Å². The van der Waals surface area contributed by atoms with Crippen LogP contribution in [0, 0.1) is 0 Å². The molecule has 1 saturated carbocycles. The topological polar surface area (TPSA) is 41.6 Å². The number of nitrogens with zero attached hydrogens (tertiary/aromatic N) is 1. The van der Waals surface area contributed by atoms with Gasteiger partial charge in [-0.2, -0.15) is 0 Å². The molecule has 1 amide bonds. The van der Waals surface area contributed by atoms with Crippen LogP contribution >= 0.6 is 0 Å². The summed E-state index contributed by atoms with van der Waals surface area (Å²) in [4.78, 5) is 13.9. The van der Waals surface area contributed by atoms with Gasteiger partial charge < -0.3 is 15.0 Å². The van der Waals surface area contributed by atoms with Crippen LogP contribution in [0.25, 0.3) is 0 Å². The van der Waals surface area contributed by atoms with E-state index >= 15 is 0 Å². The molecular formula is C16H28N2O2. The third-order valence-corrected chi connectivity index (χ3v) is 5.20. The Morgan fingerprint density at radius 1 is 1.15 bits per heavy atom. The van der Waals surface area contributed by atoms with Crippen molar-refractivity contribution in [2.75, 3.05) is 26.2 Å². The Balaban J connectivity index is 1.29. The molecule has 1 unspecified atom stereocenters. The van der Waals surface area contributed by atoms with Gasteiger partial charge in [0.1, 0.15) is 0 Å². The summed E-state index contributed by atoms with van der Waals surface area (Å²) in [5, 5.41) is 3.42. The molecule has 0 aromatic heterocycles. The smallest absolute Gasteiger partial charge is 0.223 e. The minimum atomic E-state index is 0.234. The Labute approximate surface area is 122 Å². The lowest BCUT2D eigenvalue weighted by atomic mass is 9.98. The molecule has 3 aliphatic rings. The molecule has 114 valence electrons. The molecular weight excluding hydrogens is 252 g/mol. The van der Waals surface area contributed by atoms with Crippen molar-refractivity contribution in [3.05, 3.63) is 0 Å². The lowest BCUT2D eigenvalue weighted by molar-refractivity contribution is -0.130. The van der Waals surface area contributed by atoms with Gasteiger partial charge in [0.05, 0.1) is 11.7 Å². The summed E-state index contributed by atoms with van der Waals surface area (Å²) in [5.74, 6) is 0.314. The summed E-state index contributed by atoms with van der Waals surface area (Å²) in [7, 11) is 0. The van der Waals surface area contributed by atoms with Gasteiger partial charge in [0.25, 0.3) is 0 Å². The number of hydrogen-bond donors (Lipinski definition) is 1. The van der Waals surface area contributed by atoms with Gasteiger partial charge in [-0.05, 0) is 38.5 Å². The molecule has 2 saturated heterocycles. The number of amides is 1. The maximum atomic E-state index is 11.9. The first-order valence-corrected chi connectivity index (χ1v) is 8.44. The molecule has 0 aromatic rings. The van der Waals surface area contributed by atoms with E-state index in [1.807, 2.05) is 4.90 Å². The summed E-state index contributed by atoms with van der Waals surface area (Å²) in [5.41, 5.74) is 0.234. The maximum absolute atomic E-state index is 11.9. The van der Waals surface area contributed by atoms with Crippen molar-refractivity contribution in [3.8, 4) is 0 Å². The first-order valence-electron chi connectivity index (χ1n) is 8.44. The van der Waals surface area contributed by atoms with E-state index in [-0.39, 0.29) is 5.60 Å². The van der Waals surface area contributed by atoms with Crippen LogP contribution < -0.4 is 5.32 Å². The Bertz CT molecular complexity index is 333. The number of rotatable bonds is 5. The Hall–Kier alpha value is -0.610. The Kier molecular flexibility index (Phi) is 4.61. The molecule has 1 N–H and O–H groups in total. The maximum Gasteiger partial charge on any atom is 0.223 e. The normalized spacial score (nSPS) is 28.6. The highest BCUT2D eigenvalue weighted by Crippen LogP contribution is 2.43. The Morgan fingerprint density at radius 3 is 2.65 bits per heavy atom. The zero-order valence-electron chi connectivity index (χ0n) is 12.5. The molecule has 0 aromatic carbocycles. The number of carbonyl (C=O) groups is 1. The lowest BCUT2D eigenvalue weighted by Gasteiger charge is -2.24. The summed E-state index contributed by atoms with van der Waals surface area (Å²) < 4.78 is 6.26. The number of ether oxygens (including phenoxy) is 1. The van der Waals surface area contributed by atoms with Gasteiger partial charge in [0.15, 0.2) is 0 Å². The highest BCUT2D eigenvalue weighted by Gasteiger charge is 2.41. The molecule has 0 bridgehead atoms. The van der Waals surface area contributed by atoms with Crippen molar-refractivity contribution >= 4 is 5.91 Å². The van der Waals surface area contributed by atoms with E-state index < -0.39 is 0 Å². The van der Waals surface area contributed by atoms with Crippen molar-refractivity contribution in [1.82, 2.24) is 10.2 Å². The number of carbonyl (C=O) groups excluding carboxylic acids is 1. The number of likely N-dealkylation sites (tertiary alicyclic amines) is 1. The predicted octanol–water partition coefficient (Wildman–Crippen LogP) is 2.08. The van der Waals surface area contributed by atoms with E-state index in [9.17, 15) is 4.79 Å². The molecule has 3 rings (SSSR count). The van der Waals surface area contributed by atoms with Crippen LogP contribution in [-0.2, 0) is 9.53 Å². The molecule has 4 heteroatoms. The number of hydrogen-bond acceptors (Lipinski definition) is 3. The molecule has 3 fully saturated rings. The van der Waals surface area contributed by atoms with Crippen molar-refractivity contribution in [2.24, 2.45) is 0 Å². The predicted molar refractivity (Wildman–Crippen MR) is 78.6 cm³/mol. The molecule has 0 radical (unpaired) electrons. The van der Waals surface area contributed by atoms with Gasteiger partial charge in [-0.15, -0.1) is 0 Å². The van der Waals surface area contributed by atoms with Gasteiger partial charge in [-0.3, -0.25) is 4.79 Å². The van der Waals surface area contributed by atoms with E-state index in [0.29, 0.717) is 18.4 Å². The van der Waals surface area contributed by atoms with Crippen molar-refractivity contribution in [3.63, 3.8) is 0 Å². The first kappa shape index (κ1) is 14.3. The lowest BCUT2D eigenvalue weighted by Crippen LogP contribution is -2.34. The van der Waals surface area contributed by atoms with Crippen LogP contribution in [-0.4, -0.2) is 48.7 Å². The quantitative estimate of drug-likeness (QED) is 0.784. The van der Waals surface area contributed by atoms with Crippen LogP contribution in [0.4, 0.5) is 0 Å². The summed E-state index contributed by atoms with van der Waals surface area (Å²) >= 11 is 0. The molecule has 4 nitrogen and oxygen atoms in total. The van der Waals surface area contributed by atoms with Gasteiger partial charge in [0.2, 0.25) is 5.91 Å². The zero-order chi connectivity index (χ0) is 13.8.